The highest BCUT2D eigenvalue weighted by Crippen LogP contribution is 2.30. The largest absolute Gasteiger partial charge is 0.456 e. The summed E-state index contributed by atoms with van der Waals surface area (Å²) < 4.78 is 9.49. The summed E-state index contributed by atoms with van der Waals surface area (Å²) in [5, 5.41) is 3.33. The molecule has 0 bridgehead atoms. The molecule has 2 aromatic heterocycles. The quantitative estimate of drug-likeness (QED) is 0.613. The number of ether oxygens (including phenoxy) is 1. The van der Waals surface area contributed by atoms with Gasteiger partial charge in [0.2, 0.25) is 5.52 Å². The van der Waals surface area contributed by atoms with Gasteiger partial charge in [0, 0.05) is 11.6 Å². The monoisotopic (exact) mass is 298 g/mol. The van der Waals surface area contributed by atoms with E-state index in [9.17, 15) is 0 Å². The molecule has 0 fully saturated rings. The number of allylic oxidation sites excluding steroid dienone is 1. The number of fused-ring (bicyclic) bond motifs is 2. The number of thiazole rings is 1. The van der Waals surface area contributed by atoms with E-state index in [4.69, 9.17) is 4.74 Å². The Labute approximate surface area is 124 Å². The number of aryl methyl sites for hydroxylation is 1. The Balaban J connectivity index is 1.75. The van der Waals surface area contributed by atoms with Crippen molar-refractivity contribution in [2.45, 2.75) is 0 Å². The Morgan fingerprint density at radius 2 is 2.05 bits per heavy atom. The van der Waals surface area contributed by atoms with Gasteiger partial charge >= 0.3 is 0 Å². The van der Waals surface area contributed by atoms with E-state index in [1.807, 2.05) is 24.3 Å². The molecule has 0 spiro atoms. The van der Waals surface area contributed by atoms with Crippen molar-refractivity contribution in [3.05, 3.63) is 58.1 Å². The Bertz CT molecular complexity index is 854. The highest BCUT2D eigenvalue weighted by atomic mass is 32.2. The van der Waals surface area contributed by atoms with Gasteiger partial charge in [0.25, 0.3) is 5.01 Å². The maximum absolute atomic E-state index is 5.93. The Kier molecular flexibility index (Phi) is 2.72. The first-order valence-electron chi connectivity index (χ1n) is 6.34. The summed E-state index contributed by atoms with van der Waals surface area (Å²) in [6.07, 6.45) is 6.22. The normalized spacial score (nSPS) is 15.6. The van der Waals surface area contributed by atoms with Crippen molar-refractivity contribution < 1.29 is 9.30 Å². The van der Waals surface area contributed by atoms with Crippen molar-refractivity contribution in [1.29, 1.82) is 0 Å². The second-order valence-electron chi connectivity index (χ2n) is 4.61. The van der Waals surface area contributed by atoms with Gasteiger partial charge in [0.05, 0.1) is 6.08 Å². The minimum Gasteiger partial charge on any atom is -0.456 e. The second-order valence-corrected chi connectivity index (χ2v) is 6.82. The molecule has 0 amide bonds. The van der Waals surface area contributed by atoms with Crippen molar-refractivity contribution in [2.24, 2.45) is 7.05 Å². The number of rotatable bonds is 1. The number of aromatic nitrogens is 1. The summed E-state index contributed by atoms with van der Waals surface area (Å²) in [4.78, 5) is 0. The van der Waals surface area contributed by atoms with E-state index in [1.54, 1.807) is 22.7 Å². The molecule has 0 saturated heterocycles. The summed E-state index contributed by atoms with van der Waals surface area (Å²) in [5.41, 5.74) is 2.41. The predicted octanol–water partition coefficient (Wildman–Crippen LogP) is 4.23. The van der Waals surface area contributed by atoms with Crippen LogP contribution in [0.1, 0.15) is 10.6 Å². The van der Waals surface area contributed by atoms with Gasteiger partial charge < -0.3 is 4.74 Å². The van der Waals surface area contributed by atoms with Gasteiger partial charge in [-0.25, -0.2) is 0 Å². The lowest BCUT2D eigenvalue weighted by molar-refractivity contribution is -0.642. The van der Waals surface area contributed by atoms with Crippen LogP contribution < -0.4 is 9.30 Å². The third-order valence-electron chi connectivity index (χ3n) is 3.34. The molecule has 0 unspecified atom stereocenters. The zero-order valence-corrected chi connectivity index (χ0v) is 12.5. The van der Waals surface area contributed by atoms with Crippen LogP contribution in [0.4, 0.5) is 0 Å². The zero-order valence-electron chi connectivity index (χ0n) is 10.9. The first kappa shape index (κ1) is 11.9. The molecule has 98 valence electrons. The van der Waals surface area contributed by atoms with Crippen LogP contribution in [-0.2, 0) is 7.05 Å². The first-order chi connectivity index (χ1) is 9.81. The average Bonchev–Trinajstić information content (AvgIpc) is 3.03. The Hall–Kier alpha value is -1.91. The molecule has 1 aliphatic rings. The molecule has 1 aromatic carbocycles. The summed E-state index contributed by atoms with van der Waals surface area (Å²) in [7, 11) is 2.10. The van der Waals surface area contributed by atoms with E-state index in [0.29, 0.717) is 0 Å². The fourth-order valence-corrected chi connectivity index (χ4v) is 4.44. The van der Waals surface area contributed by atoms with Crippen molar-refractivity contribution in [2.75, 3.05) is 0 Å². The maximum atomic E-state index is 5.93. The molecule has 1 aliphatic heterocycles. The number of benzene rings is 1. The van der Waals surface area contributed by atoms with Gasteiger partial charge in [-0.1, -0.05) is 29.5 Å². The van der Waals surface area contributed by atoms with Crippen LogP contribution in [0.3, 0.4) is 0 Å². The standard InChI is InChI=1S/C16H12NOS2/c1-17-13-8-9-19-16(13)20-15(17)10-12-7-6-11-4-2-3-5-14(11)18-12/h2-10H,1H3/q+1/b12-10+. The zero-order chi connectivity index (χ0) is 13.5. The molecule has 4 heteroatoms. The number of hydrogen-bond donors (Lipinski definition) is 0. The van der Waals surface area contributed by atoms with Gasteiger partial charge in [0.1, 0.15) is 18.6 Å². The van der Waals surface area contributed by atoms with E-state index in [2.05, 4.69) is 41.3 Å². The summed E-state index contributed by atoms with van der Waals surface area (Å²) in [5.74, 6) is 1.80. The van der Waals surface area contributed by atoms with Crippen molar-refractivity contribution >= 4 is 44.4 Å². The van der Waals surface area contributed by atoms with Gasteiger partial charge in [-0.15, -0.1) is 11.3 Å². The number of hydrogen-bond acceptors (Lipinski definition) is 3. The SMILES string of the molecule is C[n+]1c(/C=C2\C=Cc3ccccc3O2)sc2sccc21. The van der Waals surface area contributed by atoms with E-state index >= 15 is 0 Å². The van der Waals surface area contributed by atoms with Crippen LogP contribution in [0, 0.1) is 0 Å². The highest BCUT2D eigenvalue weighted by molar-refractivity contribution is 7.37. The van der Waals surface area contributed by atoms with Crippen LogP contribution in [0.5, 0.6) is 5.75 Å². The molecule has 4 rings (SSSR count). The maximum Gasteiger partial charge on any atom is 0.267 e. The Morgan fingerprint density at radius 3 is 2.95 bits per heavy atom. The molecule has 20 heavy (non-hydrogen) atoms. The molecular formula is C16H12NOS2+. The van der Waals surface area contributed by atoms with Crippen LogP contribution in [-0.4, -0.2) is 0 Å². The lowest BCUT2D eigenvalue weighted by Crippen LogP contribution is -2.28. The minimum absolute atomic E-state index is 0.883. The number of nitrogens with zero attached hydrogens (tertiary/aromatic N) is 1. The molecule has 0 saturated carbocycles. The molecule has 0 atom stereocenters. The number of thiophene rings is 1. The van der Waals surface area contributed by atoms with Crippen LogP contribution in [0.25, 0.3) is 21.7 Å². The second kappa shape index (κ2) is 4.58. The van der Waals surface area contributed by atoms with Crippen molar-refractivity contribution in [3.8, 4) is 5.75 Å². The van der Waals surface area contributed by atoms with E-state index in [1.165, 1.54) is 14.5 Å². The molecule has 3 aromatic rings. The van der Waals surface area contributed by atoms with Crippen LogP contribution in [0.2, 0.25) is 0 Å². The fraction of sp³-hybridized carbons (Fsp3) is 0.0625. The van der Waals surface area contributed by atoms with E-state index < -0.39 is 0 Å². The fourth-order valence-electron chi connectivity index (χ4n) is 2.27. The van der Waals surface area contributed by atoms with Gasteiger partial charge in [-0.05, 0) is 23.6 Å². The third kappa shape index (κ3) is 1.88. The average molecular weight is 298 g/mol. The van der Waals surface area contributed by atoms with Crippen molar-refractivity contribution in [3.63, 3.8) is 0 Å². The summed E-state index contributed by atoms with van der Waals surface area (Å²) in [6.45, 7) is 0. The van der Waals surface area contributed by atoms with Gasteiger partial charge in [-0.2, -0.15) is 4.57 Å². The van der Waals surface area contributed by atoms with E-state index in [-0.39, 0.29) is 0 Å². The molecule has 3 heterocycles. The molecule has 0 radical (unpaired) electrons. The van der Waals surface area contributed by atoms with Crippen LogP contribution >= 0.6 is 22.7 Å². The lowest BCUT2D eigenvalue weighted by atomic mass is 10.1. The number of para-hydroxylation sites is 1. The summed E-state index contributed by atoms with van der Waals surface area (Å²) >= 11 is 3.58. The molecule has 2 nitrogen and oxygen atoms in total. The first-order valence-corrected chi connectivity index (χ1v) is 8.03. The third-order valence-corrected chi connectivity index (χ3v) is 5.57. The molecule has 0 N–H and O–H groups in total. The van der Waals surface area contributed by atoms with Crippen LogP contribution in [0.15, 0.2) is 47.5 Å². The van der Waals surface area contributed by atoms with Crippen molar-refractivity contribution in [1.82, 2.24) is 0 Å². The smallest absolute Gasteiger partial charge is 0.267 e. The van der Waals surface area contributed by atoms with Gasteiger partial charge in [-0.3, -0.25) is 0 Å². The summed E-state index contributed by atoms with van der Waals surface area (Å²) in [6, 6.07) is 10.2. The minimum atomic E-state index is 0.883. The molecular weight excluding hydrogens is 286 g/mol. The highest BCUT2D eigenvalue weighted by Gasteiger charge is 2.18. The lowest BCUT2D eigenvalue weighted by Gasteiger charge is -2.13. The van der Waals surface area contributed by atoms with Gasteiger partial charge in [0.15, 0.2) is 4.01 Å². The topological polar surface area (TPSA) is 13.1 Å². The van der Waals surface area contributed by atoms with E-state index in [0.717, 1.165) is 17.1 Å². The molecule has 0 aliphatic carbocycles. The predicted molar refractivity (Wildman–Crippen MR) is 85.0 cm³/mol. The Morgan fingerprint density at radius 1 is 1.15 bits per heavy atom.